The molecule has 7 nitrogen and oxygen atoms in total. The summed E-state index contributed by atoms with van der Waals surface area (Å²) in [4.78, 5) is 26.5. The molecule has 3 atom stereocenters. The molecule has 1 aromatic rings. The number of amides is 1. The first kappa shape index (κ1) is 29.6. The van der Waals surface area contributed by atoms with Crippen LogP contribution in [0.1, 0.15) is 65.4 Å². The van der Waals surface area contributed by atoms with E-state index in [1.807, 2.05) is 13.8 Å². The number of rotatable bonds is 11. The molecule has 2 unspecified atom stereocenters. The Morgan fingerprint density at radius 3 is 2.38 bits per heavy atom. The highest BCUT2D eigenvalue weighted by molar-refractivity contribution is 7.89. The normalized spacial score (nSPS) is 20.8. The van der Waals surface area contributed by atoms with Crippen molar-refractivity contribution in [1.29, 1.82) is 0 Å². The molecule has 0 aromatic heterocycles. The zero-order valence-corrected chi connectivity index (χ0v) is 22.7. The second-order valence-corrected chi connectivity index (χ2v) is 12.6. The molecule has 1 saturated heterocycles. The number of sulfonamides is 1. The maximum Gasteiger partial charge on any atom is 0.416 e. The lowest BCUT2D eigenvalue weighted by molar-refractivity contribution is -0.138. The monoisotopic (exact) mass is 545 g/mol. The summed E-state index contributed by atoms with van der Waals surface area (Å²) in [5.74, 6) is -0.124. The summed E-state index contributed by atoms with van der Waals surface area (Å²) in [6, 6.07) is 2.56. The molecule has 11 heteroatoms. The zero-order valence-electron chi connectivity index (χ0n) is 21.9. The maximum atomic E-state index is 13.6. The van der Waals surface area contributed by atoms with Gasteiger partial charge in [-0.15, -0.1) is 0 Å². The predicted octanol–water partition coefficient (Wildman–Crippen LogP) is 4.08. The van der Waals surface area contributed by atoms with Gasteiger partial charge in [0.05, 0.1) is 16.5 Å². The number of hydrogen-bond donors (Lipinski definition) is 1. The lowest BCUT2D eigenvalue weighted by Gasteiger charge is -2.40. The summed E-state index contributed by atoms with van der Waals surface area (Å²) in [5, 5.41) is 3.23. The van der Waals surface area contributed by atoms with Crippen molar-refractivity contribution >= 4 is 21.7 Å². The van der Waals surface area contributed by atoms with Gasteiger partial charge in [0.2, 0.25) is 15.9 Å². The fraction of sp³-hybridized carbons (Fsp3) is 0.692. The largest absolute Gasteiger partial charge is 0.416 e. The number of carbonyl (C=O) groups is 2. The van der Waals surface area contributed by atoms with E-state index >= 15 is 0 Å². The van der Waals surface area contributed by atoms with Gasteiger partial charge in [-0.2, -0.15) is 17.5 Å². The van der Waals surface area contributed by atoms with E-state index in [1.165, 1.54) is 17.3 Å². The molecule has 0 spiro atoms. The highest BCUT2D eigenvalue weighted by Gasteiger charge is 2.45. The summed E-state index contributed by atoms with van der Waals surface area (Å²) >= 11 is 0. The molecule has 208 valence electrons. The third kappa shape index (κ3) is 7.54. The Hall–Kier alpha value is -1.98. The minimum Gasteiger partial charge on any atom is -0.340 e. The van der Waals surface area contributed by atoms with Gasteiger partial charge < -0.3 is 10.2 Å². The van der Waals surface area contributed by atoms with Crippen molar-refractivity contribution < 1.29 is 31.2 Å². The van der Waals surface area contributed by atoms with Crippen LogP contribution in [0.5, 0.6) is 0 Å². The van der Waals surface area contributed by atoms with E-state index in [4.69, 9.17) is 0 Å². The third-order valence-electron chi connectivity index (χ3n) is 7.08. The van der Waals surface area contributed by atoms with Crippen LogP contribution in [0, 0.1) is 11.8 Å². The molecule has 1 aromatic carbocycles. The molecule has 2 fully saturated rings. The number of Topliss-reactive ketones (excluding diaryl/α,β-unsaturated/α-hetero) is 1. The van der Waals surface area contributed by atoms with Crippen molar-refractivity contribution in [3.8, 4) is 0 Å². The predicted molar refractivity (Wildman–Crippen MR) is 134 cm³/mol. The summed E-state index contributed by atoms with van der Waals surface area (Å²) < 4.78 is 68.4. The molecular weight excluding hydrogens is 507 g/mol. The minimum atomic E-state index is -4.65. The Balaban J connectivity index is 1.81. The van der Waals surface area contributed by atoms with Crippen LogP contribution in [0.15, 0.2) is 29.2 Å². The molecule has 1 aliphatic carbocycles. The van der Waals surface area contributed by atoms with E-state index in [1.54, 1.807) is 11.8 Å². The topological polar surface area (TPSA) is 86.8 Å². The molecule has 0 radical (unpaired) electrons. The number of likely N-dealkylation sites (tertiary alicyclic amines) is 1. The molecule has 1 N–H and O–H groups in total. The SMILES string of the molecule is CC(=O)C(C)CN[C@@H](CC(C)C)C(=O)N1CCCC(N(C2CC2)S(=O)(=O)c2cccc(C(F)(F)F)c2)C1. The minimum absolute atomic E-state index is 0.0288. The maximum absolute atomic E-state index is 13.6. The molecule has 0 bridgehead atoms. The number of carbonyl (C=O) groups excluding carboxylic acids is 2. The van der Waals surface area contributed by atoms with Crippen molar-refractivity contribution in [2.75, 3.05) is 19.6 Å². The molecule has 2 aliphatic rings. The van der Waals surface area contributed by atoms with Gasteiger partial charge in [-0.05, 0) is 63.1 Å². The van der Waals surface area contributed by atoms with E-state index in [2.05, 4.69) is 5.32 Å². The first-order valence-corrected chi connectivity index (χ1v) is 14.4. The van der Waals surface area contributed by atoms with Crippen LogP contribution in [0.25, 0.3) is 0 Å². The van der Waals surface area contributed by atoms with Gasteiger partial charge in [-0.25, -0.2) is 8.42 Å². The summed E-state index contributed by atoms with van der Waals surface area (Å²) in [6.45, 7) is 8.36. The van der Waals surface area contributed by atoms with Crippen LogP contribution in [0.3, 0.4) is 0 Å². The second kappa shape index (κ2) is 11.8. The number of piperidine rings is 1. The number of halogens is 3. The average Bonchev–Trinajstić information content (AvgIpc) is 3.65. The lowest BCUT2D eigenvalue weighted by Crippen LogP contribution is -2.56. The molecular formula is C26H38F3N3O4S. The van der Waals surface area contributed by atoms with Gasteiger partial charge in [0, 0.05) is 37.6 Å². The summed E-state index contributed by atoms with van der Waals surface area (Å²) in [7, 11) is -4.20. The van der Waals surface area contributed by atoms with Gasteiger partial charge in [-0.1, -0.05) is 26.8 Å². The van der Waals surface area contributed by atoms with Crippen molar-refractivity contribution in [3.05, 3.63) is 29.8 Å². The standard InChI is InChI=1S/C26H38F3N3O4S/c1-17(2)13-24(30-15-18(3)19(4)33)25(34)31-12-6-8-22(16-31)32(21-10-11-21)37(35,36)23-9-5-7-20(14-23)26(27,28)29/h5,7,9,14,17-18,21-22,24,30H,6,8,10-13,15-16H2,1-4H3/t18?,22?,24-/m0/s1. The van der Waals surface area contributed by atoms with Gasteiger partial charge in [0.25, 0.3) is 0 Å². The number of nitrogens with zero attached hydrogens (tertiary/aromatic N) is 2. The number of nitrogens with one attached hydrogen (secondary N) is 1. The second-order valence-electron chi connectivity index (χ2n) is 10.8. The van der Waals surface area contributed by atoms with Crippen LogP contribution >= 0.6 is 0 Å². The van der Waals surface area contributed by atoms with E-state index in [-0.39, 0.29) is 41.0 Å². The number of ketones is 1. The Morgan fingerprint density at radius 2 is 1.81 bits per heavy atom. The molecule has 3 rings (SSSR count). The van der Waals surface area contributed by atoms with Gasteiger partial charge >= 0.3 is 6.18 Å². The molecule has 37 heavy (non-hydrogen) atoms. The fourth-order valence-electron chi connectivity index (χ4n) is 4.76. The van der Waals surface area contributed by atoms with E-state index in [9.17, 15) is 31.2 Å². The number of benzene rings is 1. The van der Waals surface area contributed by atoms with Crippen LogP contribution < -0.4 is 5.32 Å². The smallest absolute Gasteiger partial charge is 0.340 e. The quantitative estimate of drug-likeness (QED) is 0.453. The Bertz CT molecular complexity index is 1070. The Labute approximate surface area is 217 Å². The highest BCUT2D eigenvalue weighted by Crippen LogP contribution is 2.38. The van der Waals surface area contributed by atoms with Crippen LogP contribution in [-0.2, 0) is 25.8 Å². The highest BCUT2D eigenvalue weighted by atomic mass is 32.2. The molecule has 1 saturated carbocycles. The van der Waals surface area contributed by atoms with Gasteiger partial charge in [0.15, 0.2) is 0 Å². The van der Waals surface area contributed by atoms with Crippen molar-refractivity contribution in [2.24, 2.45) is 11.8 Å². The molecule has 1 amide bonds. The Morgan fingerprint density at radius 1 is 1.14 bits per heavy atom. The first-order valence-electron chi connectivity index (χ1n) is 12.9. The van der Waals surface area contributed by atoms with Gasteiger partial charge in [0.1, 0.15) is 5.78 Å². The summed E-state index contributed by atoms with van der Waals surface area (Å²) in [5.41, 5.74) is -1.01. The zero-order chi connectivity index (χ0) is 27.5. The average molecular weight is 546 g/mol. The first-order chi connectivity index (χ1) is 17.2. The van der Waals surface area contributed by atoms with Crippen molar-refractivity contribution in [2.45, 2.75) is 89.0 Å². The summed E-state index contributed by atoms with van der Waals surface area (Å²) in [6.07, 6.45) is -1.67. The van der Waals surface area contributed by atoms with Crippen LogP contribution in [0.4, 0.5) is 13.2 Å². The van der Waals surface area contributed by atoms with Gasteiger partial charge in [-0.3, -0.25) is 9.59 Å². The van der Waals surface area contributed by atoms with E-state index in [0.717, 1.165) is 12.1 Å². The van der Waals surface area contributed by atoms with E-state index < -0.39 is 33.8 Å². The number of alkyl halides is 3. The van der Waals surface area contributed by atoms with Crippen LogP contribution in [0.2, 0.25) is 0 Å². The van der Waals surface area contributed by atoms with Crippen molar-refractivity contribution in [1.82, 2.24) is 14.5 Å². The third-order valence-corrected chi connectivity index (χ3v) is 9.08. The van der Waals surface area contributed by atoms with E-state index in [0.29, 0.717) is 51.3 Å². The van der Waals surface area contributed by atoms with Crippen LogP contribution in [-0.4, -0.2) is 67.1 Å². The Kier molecular flexibility index (Phi) is 9.45. The van der Waals surface area contributed by atoms with Crippen molar-refractivity contribution in [3.63, 3.8) is 0 Å². The molecule has 1 aliphatic heterocycles. The number of hydrogen-bond acceptors (Lipinski definition) is 5. The molecule has 1 heterocycles. The fourth-order valence-corrected chi connectivity index (χ4v) is 6.70. The lowest BCUT2D eigenvalue weighted by atomic mass is 9.99.